The molecule has 0 atom stereocenters. The number of anilines is 2. The first-order valence-corrected chi connectivity index (χ1v) is 11.0. The molecule has 4 aromatic carbocycles. The lowest BCUT2D eigenvalue weighted by Gasteiger charge is -2.13. The molecule has 0 aliphatic heterocycles. The Morgan fingerprint density at radius 2 is 1.57 bits per heavy atom. The van der Waals surface area contributed by atoms with Crippen molar-refractivity contribution in [3.63, 3.8) is 0 Å². The SMILES string of the molecule is Cc1ccc(SCCNC(=O)c2ccccc2Nc2ccc3ccccc3c2)cc1. The lowest BCUT2D eigenvalue weighted by atomic mass is 10.1. The van der Waals surface area contributed by atoms with Crippen molar-refractivity contribution < 1.29 is 4.79 Å². The highest BCUT2D eigenvalue weighted by Crippen LogP contribution is 2.24. The molecule has 0 aliphatic carbocycles. The van der Waals surface area contributed by atoms with Gasteiger partial charge in [0.15, 0.2) is 0 Å². The molecule has 0 aliphatic rings. The van der Waals surface area contributed by atoms with Crippen LogP contribution in [0, 0.1) is 6.92 Å². The van der Waals surface area contributed by atoms with E-state index in [0.29, 0.717) is 12.1 Å². The second-order valence-corrected chi connectivity index (χ2v) is 8.32. The predicted octanol–water partition coefficient (Wildman–Crippen LogP) is 6.41. The molecule has 3 nitrogen and oxygen atoms in total. The zero-order valence-electron chi connectivity index (χ0n) is 16.9. The second-order valence-electron chi connectivity index (χ2n) is 7.15. The zero-order valence-corrected chi connectivity index (χ0v) is 17.7. The number of rotatable bonds is 7. The van der Waals surface area contributed by atoms with Crippen molar-refractivity contribution in [2.45, 2.75) is 11.8 Å². The van der Waals surface area contributed by atoms with Gasteiger partial charge in [-0.15, -0.1) is 11.8 Å². The molecule has 0 bridgehead atoms. The highest BCUT2D eigenvalue weighted by Gasteiger charge is 2.11. The van der Waals surface area contributed by atoms with E-state index in [2.05, 4.69) is 66.1 Å². The smallest absolute Gasteiger partial charge is 0.253 e. The van der Waals surface area contributed by atoms with Crippen LogP contribution in [0.15, 0.2) is 95.9 Å². The minimum absolute atomic E-state index is 0.0663. The lowest BCUT2D eigenvalue weighted by Crippen LogP contribution is -2.26. The lowest BCUT2D eigenvalue weighted by molar-refractivity contribution is 0.0957. The van der Waals surface area contributed by atoms with Gasteiger partial charge in [-0.25, -0.2) is 0 Å². The minimum atomic E-state index is -0.0663. The molecule has 0 aromatic heterocycles. The van der Waals surface area contributed by atoms with Crippen LogP contribution in [0.4, 0.5) is 11.4 Å². The molecule has 4 rings (SSSR count). The molecule has 0 unspecified atom stereocenters. The number of benzene rings is 4. The van der Waals surface area contributed by atoms with E-state index in [0.717, 1.165) is 22.5 Å². The number of carbonyl (C=O) groups is 1. The fourth-order valence-electron chi connectivity index (χ4n) is 3.28. The van der Waals surface area contributed by atoms with Gasteiger partial charge in [0.25, 0.3) is 5.91 Å². The number of hydrogen-bond donors (Lipinski definition) is 2. The summed E-state index contributed by atoms with van der Waals surface area (Å²) in [6, 6.07) is 30.5. The van der Waals surface area contributed by atoms with E-state index in [1.54, 1.807) is 11.8 Å². The number of carbonyl (C=O) groups excluding carboxylic acids is 1. The maximum absolute atomic E-state index is 12.8. The molecule has 0 fully saturated rings. The van der Waals surface area contributed by atoms with Crippen molar-refractivity contribution in [2.24, 2.45) is 0 Å². The Bertz CT molecular complexity index is 1160. The van der Waals surface area contributed by atoms with Crippen LogP contribution in [0.5, 0.6) is 0 Å². The topological polar surface area (TPSA) is 41.1 Å². The van der Waals surface area contributed by atoms with Gasteiger partial charge in [0.1, 0.15) is 0 Å². The van der Waals surface area contributed by atoms with E-state index >= 15 is 0 Å². The van der Waals surface area contributed by atoms with Gasteiger partial charge in [0.05, 0.1) is 11.3 Å². The van der Waals surface area contributed by atoms with Gasteiger partial charge in [0.2, 0.25) is 0 Å². The van der Waals surface area contributed by atoms with E-state index in [-0.39, 0.29) is 5.91 Å². The molecule has 0 radical (unpaired) electrons. The van der Waals surface area contributed by atoms with E-state index in [9.17, 15) is 4.79 Å². The zero-order chi connectivity index (χ0) is 20.8. The number of nitrogens with one attached hydrogen (secondary N) is 2. The molecule has 4 aromatic rings. The third-order valence-corrected chi connectivity index (χ3v) is 5.89. The average Bonchev–Trinajstić information content (AvgIpc) is 2.78. The summed E-state index contributed by atoms with van der Waals surface area (Å²) >= 11 is 1.74. The van der Waals surface area contributed by atoms with Crippen LogP contribution < -0.4 is 10.6 Å². The molecule has 0 heterocycles. The average molecular weight is 413 g/mol. The summed E-state index contributed by atoms with van der Waals surface area (Å²) < 4.78 is 0. The number of hydrogen-bond acceptors (Lipinski definition) is 3. The van der Waals surface area contributed by atoms with Crippen LogP contribution in [-0.2, 0) is 0 Å². The summed E-state index contributed by atoms with van der Waals surface area (Å²) in [6.45, 7) is 2.69. The first-order chi connectivity index (χ1) is 14.7. The second kappa shape index (κ2) is 9.51. The minimum Gasteiger partial charge on any atom is -0.355 e. The summed E-state index contributed by atoms with van der Waals surface area (Å²) in [4.78, 5) is 14.0. The van der Waals surface area contributed by atoms with Crippen LogP contribution in [0.3, 0.4) is 0 Å². The highest BCUT2D eigenvalue weighted by atomic mass is 32.2. The summed E-state index contributed by atoms with van der Waals surface area (Å²) in [5, 5.41) is 8.80. The van der Waals surface area contributed by atoms with E-state index in [1.807, 2.05) is 42.5 Å². The number of para-hydroxylation sites is 1. The Balaban J connectivity index is 1.39. The van der Waals surface area contributed by atoms with Gasteiger partial charge >= 0.3 is 0 Å². The van der Waals surface area contributed by atoms with Crippen LogP contribution >= 0.6 is 11.8 Å². The van der Waals surface area contributed by atoms with E-state index < -0.39 is 0 Å². The fourth-order valence-corrected chi connectivity index (χ4v) is 4.04. The normalized spacial score (nSPS) is 10.7. The van der Waals surface area contributed by atoms with Crippen LogP contribution in [-0.4, -0.2) is 18.2 Å². The molecule has 0 spiro atoms. The Hall–Kier alpha value is -3.24. The maximum Gasteiger partial charge on any atom is 0.253 e. The quantitative estimate of drug-likeness (QED) is 0.272. The maximum atomic E-state index is 12.8. The molecule has 0 saturated carbocycles. The molecule has 150 valence electrons. The molecular weight excluding hydrogens is 388 g/mol. The largest absolute Gasteiger partial charge is 0.355 e. The number of aryl methyl sites for hydroxylation is 1. The summed E-state index contributed by atoms with van der Waals surface area (Å²) in [7, 11) is 0. The highest BCUT2D eigenvalue weighted by molar-refractivity contribution is 7.99. The van der Waals surface area contributed by atoms with Crippen molar-refractivity contribution in [1.82, 2.24) is 5.32 Å². The first-order valence-electron chi connectivity index (χ1n) is 10.0. The van der Waals surface area contributed by atoms with Crippen LogP contribution in [0.1, 0.15) is 15.9 Å². The van der Waals surface area contributed by atoms with Crippen molar-refractivity contribution in [1.29, 1.82) is 0 Å². The third-order valence-electron chi connectivity index (χ3n) is 4.88. The Labute approximate surface area is 181 Å². The van der Waals surface area contributed by atoms with Gasteiger partial charge < -0.3 is 10.6 Å². The Morgan fingerprint density at radius 3 is 2.40 bits per heavy atom. The molecule has 0 saturated heterocycles. The molecule has 4 heteroatoms. The Morgan fingerprint density at radius 1 is 0.833 bits per heavy atom. The molecule has 2 N–H and O–H groups in total. The summed E-state index contributed by atoms with van der Waals surface area (Å²) in [6.07, 6.45) is 0. The third kappa shape index (κ3) is 5.02. The summed E-state index contributed by atoms with van der Waals surface area (Å²) in [5.74, 6) is 0.762. The molecule has 1 amide bonds. The Kier molecular flexibility index (Phi) is 6.35. The fraction of sp³-hybridized carbons (Fsp3) is 0.115. The van der Waals surface area contributed by atoms with Crippen molar-refractivity contribution in [2.75, 3.05) is 17.6 Å². The van der Waals surface area contributed by atoms with Gasteiger partial charge in [-0.2, -0.15) is 0 Å². The standard InChI is InChI=1S/C26H24N2OS/c1-19-10-14-23(15-11-19)30-17-16-27-26(29)24-8-4-5-9-25(24)28-22-13-12-20-6-2-3-7-21(20)18-22/h2-15,18,28H,16-17H2,1H3,(H,27,29). The predicted molar refractivity (Wildman–Crippen MR) is 128 cm³/mol. The number of thioether (sulfide) groups is 1. The molecular formula is C26H24N2OS. The summed E-state index contributed by atoms with van der Waals surface area (Å²) in [5.41, 5.74) is 3.66. The van der Waals surface area contributed by atoms with Gasteiger partial charge in [-0.05, 0) is 54.1 Å². The number of fused-ring (bicyclic) bond motifs is 1. The van der Waals surface area contributed by atoms with Crippen molar-refractivity contribution in [3.8, 4) is 0 Å². The number of amides is 1. The van der Waals surface area contributed by atoms with Crippen molar-refractivity contribution >= 4 is 39.8 Å². The van der Waals surface area contributed by atoms with Crippen LogP contribution in [0.2, 0.25) is 0 Å². The van der Waals surface area contributed by atoms with Gasteiger partial charge in [0, 0.05) is 22.9 Å². The molecule has 30 heavy (non-hydrogen) atoms. The first kappa shape index (κ1) is 20.0. The van der Waals surface area contributed by atoms with E-state index in [4.69, 9.17) is 0 Å². The van der Waals surface area contributed by atoms with E-state index in [1.165, 1.54) is 15.8 Å². The van der Waals surface area contributed by atoms with Gasteiger partial charge in [-0.1, -0.05) is 60.2 Å². The monoisotopic (exact) mass is 412 g/mol. The van der Waals surface area contributed by atoms with Gasteiger partial charge in [-0.3, -0.25) is 4.79 Å². The van der Waals surface area contributed by atoms with Crippen molar-refractivity contribution in [3.05, 3.63) is 102 Å². The van der Waals surface area contributed by atoms with Crippen LogP contribution in [0.25, 0.3) is 10.8 Å².